The Morgan fingerprint density at radius 1 is 1.32 bits per heavy atom. The zero-order chi connectivity index (χ0) is 18.7. The molecule has 0 radical (unpaired) electrons. The molecule has 25 heavy (non-hydrogen) atoms. The number of hydrogen-bond donors (Lipinski definition) is 3. The molecule has 0 bridgehead atoms. The first-order chi connectivity index (χ1) is 11.7. The number of hydrogen-bond acceptors (Lipinski definition) is 4. The summed E-state index contributed by atoms with van der Waals surface area (Å²) < 4.78 is 29.2. The second kappa shape index (κ2) is 7.68. The second-order valence-electron chi connectivity index (χ2n) is 6.80. The standard InChI is InChI=1S/C12H19NO2.C6H6O3S/c1-2-8-3-9-5-12(7-13,6-11(14)15)10(9)4-8;7-10(8,9)6-4-2-1-3-5-6/h4,9-10H,2-3,5-7,13H2,1H3,(H,14,15);1-5H,(H,7,8,9)/t9-,10-,12-;/m0./s1. The molecule has 0 saturated heterocycles. The van der Waals surface area contributed by atoms with Crippen LogP contribution in [-0.4, -0.2) is 30.6 Å². The average molecular weight is 367 g/mol. The summed E-state index contributed by atoms with van der Waals surface area (Å²) >= 11 is 0. The maximum absolute atomic E-state index is 10.8. The summed E-state index contributed by atoms with van der Waals surface area (Å²) in [6.45, 7) is 2.67. The molecule has 1 fully saturated rings. The number of benzene rings is 1. The Morgan fingerprint density at radius 3 is 2.40 bits per heavy atom. The second-order valence-corrected chi connectivity index (χ2v) is 8.22. The Balaban J connectivity index is 0.000000196. The molecule has 2 aliphatic rings. The number of rotatable bonds is 5. The molecule has 2 aliphatic carbocycles. The quantitative estimate of drug-likeness (QED) is 0.544. The fraction of sp³-hybridized carbons (Fsp3) is 0.500. The summed E-state index contributed by atoms with van der Waals surface area (Å²) in [6.07, 6.45) is 5.80. The van der Waals surface area contributed by atoms with Gasteiger partial charge in [0.2, 0.25) is 0 Å². The molecule has 0 amide bonds. The lowest BCUT2D eigenvalue weighted by molar-refractivity contribution is -0.144. The SMILES string of the molecule is CCC1=C[C@H]2[C@@H](C1)C[C@@]2(CN)CC(=O)O.O=S(=O)(O)c1ccccc1. The summed E-state index contributed by atoms with van der Waals surface area (Å²) in [7, 11) is -4.00. The molecule has 1 aromatic carbocycles. The zero-order valence-corrected chi connectivity index (χ0v) is 15.1. The van der Waals surface area contributed by atoms with Gasteiger partial charge in [0.1, 0.15) is 0 Å². The van der Waals surface area contributed by atoms with Gasteiger partial charge in [-0.3, -0.25) is 9.35 Å². The van der Waals surface area contributed by atoms with Crippen molar-refractivity contribution in [1.82, 2.24) is 0 Å². The number of nitrogens with two attached hydrogens (primary N) is 1. The van der Waals surface area contributed by atoms with E-state index in [1.54, 1.807) is 18.2 Å². The van der Waals surface area contributed by atoms with Crippen LogP contribution in [0.3, 0.4) is 0 Å². The average Bonchev–Trinajstić information content (AvgIpc) is 2.91. The molecule has 3 atom stereocenters. The third-order valence-corrected chi connectivity index (χ3v) is 6.10. The van der Waals surface area contributed by atoms with Crippen LogP contribution in [0.5, 0.6) is 0 Å². The Labute approximate surface area is 148 Å². The van der Waals surface area contributed by atoms with Crippen LogP contribution >= 0.6 is 0 Å². The fourth-order valence-electron chi connectivity index (χ4n) is 3.93. The number of carboxylic acid groups (broad SMARTS) is 1. The number of aliphatic carboxylic acids is 1. The Bertz CT molecular complexity index is 744. The minimum absolute atomic E-state index is 0.0741. The first-order valence-corrected chi connectivity index (χ1v) is 9.80. The molecule has 1 saturated carbocycles. The van der Waals surface area contributed by atoms with Crippen LogP contribution < -0.4 is 5.73 Å². The molecular formula is C18H25NO5S. The highest BCUT2D eigenvalue weighted by molar-refractivity contribution is 7.85. The Hall–Kier alpha value is -1.70. The van der Waals surface area contributed by atoms with Crippen LogP contribution in [0.1, 0.15) is 32.6 Å². The number of fused-ring (bicyclic) bond motifs is 1. The van der Waals surface area contributed by atoms with E-state index < -0.39 is 16.1 Å². The van der Waals surface area contributed by atoms with Crippen LogP contribution in [0.25, 0.3) is 0 Å². The first-order valence-electron chi connectivity index (χ1n) is 8.36. The number of carbonyl (C=O) groups is 1. The van der Waals surface area contributed by atoms with E-state index in [-0.39, 0.29) is 16.7 Å². The molecule has 4 N–H and O–H groups in total. The van der Waals surface area contributed by atoms with Crippen LogP contribution in [0.4, 0.5) is 0 Å². The van der Waals surface area contributed by atoms with Crippen molar-refractivity contribution in [2.45, 2.75) is 37.5 Å². The molecule has 0 aliphatic heterocycles. The van der Waals surface area contributed by atoms with Crippen molar-refractivity contribution in [3.63, 3.8) is 0 Å². The van der Waals surface area contributed by atoms with E-state index in [9.17, 15) is 13.2 Å². The van der Waals surface area contributed by atoms with Gasteiger partial charge in [-0.05, 0) is 55.2 Å². The molecule has 0 aromatic heterocycles. The lowest BCUT2D eigenvalue weighted by atomic mass is 9.53. The minimum Gasteiger partial charge on any atom is -0.481 e. The third-order valence-electron chi connectivity index (χ3n) is 5.23. The molecule has 0 spiro atoms. The smallest absolute Gasteiger partial charge is 0.303 e. The van der Waals surface area contributed by atoms with Gasteiger partial charge in [-0.2, -0.15) is 8.42 Å². The van der Waals surface area contributed by atoms with Gasteiger partial charge in [0.15, 0.2) is 0 Å². The van der Waals surface area contributed by atoms with Gasteiger partial charge in [-0.25, -0.2) is 0 Å². The Kier molecular flexibility index (Phi) is 6.03. The molecular weight excluding hydrogens is 342 g/mol. The maximum Gasteiger partial charge on any atom is 0.303 e. The van der Waals surface area contributed by atoms with Crippen molar-refractivity contribution in [3.8, 4) is 0 Å². The van der Waals surface area contributed by atoms with Crippen LogP contribution in [-0.2, 0) is 14.9 Å². The maximum atomic E-state index is 10.8. The van der Waals surface area contributed by atoms with Crippen LogP contribution in [0.15, 0.2) is 46.9 Å². The van der Waals surface area contributed by atoms with Crippen molar-refractivity contribution < 1.29 is 22.9 Å². The summed E-state index contributed by atoms with van der Waals surface area (Å²) in [5.74, 6) is 0.411. The highest BCUT2D eigenvalue weighted by Gasteiger charge is 2.54. The lowest BCUT2D eigenvalue weighted by Crippen LogP contribution is -2.51. The molecule has 0 unspecified atom stereocenters. The molecule has 138 valence electrons. The highest BCUT2D eigenvalue weighted by Crippen LogP contribution is 2.59. The van der Waals surface area contributed by atoms with E-state index in [1.807, 2.05) is 0 Å². The zero-order valence-electron chi connectivity index (χ0n) is 14.3. The van der Waals surface area contributed by atoms with E-state index in [1.165, 1.54) is 24.1 Å². The first kappa shape index (κ1) is 19.6. The van der Waals surface area contributed by atoms with Crippen LogP contribution in [0.2, 0.25) is 0 Å². The van der Waals surface area contributed by atoms with E-state index in [4.69, 9.17) is 15.4 Å². The van der Waals surface area contributed by atoms with E-state index in [2.05, 4.69) is 13.0 Å². The molecule has 1 aromatic rings. The van der Waals surface area contributed by atoms with E-state index in [0.717, 1.165) is 12.8 Å². The minimum atomic E-state index is -4.00. The van der Waals surface area contributed by atoms with Gasteiger partial charge in [0.05, 0.1) is 11.3 Å². The van der Waals surface area contributed by atoms with Gasteiger partial charge < -0.3 is 10.8 Å². The topological polar surface area (TPSA) is 118 Å². The van der Waals surface area contributed by atoms with E-state index in [0.29, 0.717) is 18.4 Å². The fourth-order valence-corrected chi connectivity index (χ4v) is 4.43. The van der Waals surface area contributed by atoms with Crippen molar-refractivity contribution in [3.05, 3.63) is 42.0 Å². The van der Waals surface area contributed by atoms with Crippen molar-refractivity contribution >= 4 is 16.1 Å². The summed E-state index contributed by atoms with van der Waals surface area (Å²) in [4.78, 5) is 10.8. The molecule has 3 rings (SSSR count). The van der Waals surface area contributed by atoms with Gasteiger partial charge >= 0.3 is 5.97 Å². The number of allylic oxidation sites excluding steroid dienone is 2. The monoisotopic (exact) mass is 367 g/mol. The molecule has 0 heterocycles. The van der Waals surface area contributed by atoms with Gasteiger partial charge in [-0.15, -0.1) is 0 Å². The Morgan fingerprint density at radius 2 is 1.96 bits per heavy atom. The van der Waals surface area contributed by atoms with Crippen molar-refractivity contribution in [1.29, 1.82) is 0 Å². The van der Waals surface area contributed by atoms with Crippen LogP contribution in [0, 0.1) is 17.3 Å². The largest absolute Gasteiger partial charge is 0.481 e. The van der Waals surface area contributed by atoms with Crippen molar-refractivity contribution in [2.75, 3.05) is 6.54 Å². The molecule has 7 heteroatoms. The van der Waals surface area contributed by atoms with Crippen molar-refractivity contribution in [2.24, 2.45) is 23.0 Å². The summed E-state index contributed by atoms with van der Waals surface area (Å²) in [5.41, 5.74) is 7.13. The number of carboxylic acids is 1. The van der Waals surface area contributed by atoms with Gasteiger partial charge in [-0.1, -0.05) is 36.8 Å². The molecule has 6 nitrogen and oxygen atoms in total. The van der Waals surface area contributed by atoms with Gasteiger partial charge in [0, 0.05) is 0 Å². The highest BCUT2D eigenvalue weighted by atomic mass is 32.2. The third kappa shape index (κ3) is 4.48. The predicted molar refractivity (Wildman–Crippen MR) is 94.6 cm³/mol. The predicted octanol–water partition coefficient (Wildman–Crippen LogP) is 2.72. The summed E-state index contributed by atoms with van der Waals surface area (Å²) in [6, 6.07) is 7.42. The van der Waals surface area contributed by atoms with Gasteiger partial charge in [0.25, 0.3) is 10.1 Å². The lowest BCUT2D eigenvalue weighted by Gasteiger charge is -2.51. The van der Waals surface area contributed by atoms with E-state index >= 15 is 0 Å². The normalized spacial score (nSPS) is 27.4. The summed E-state index contributed by atoms with van der Waals surface area (Å²) in [5, 5.41) is 8.91.